The molecule has 0 aliphatic heterocycles. The van der Waals surface area contributed by atoms with Crippen molar-refractivity contribution in [3.8, 4) is 0 Å². The van der Waals surface area contributed by atoms with Gasteiger partial charge in [0.1, 0.15) is 12.0 Å². The third-order valence-corrected chi connectivity index (χ3v) is 7.57. The molecule has 120 valence electrons. The molecule has 4 rings (SSSR count). The molecule has 6 atom stereocenters. The van der Waals surface area contributed by atoms with Gasteiger partial charge in [0.2, 0.25) is 0 Å². The number of ketones is 2. The van der Waals surface area contributed by atoms with E-state index in [9.17, 15) is 9.59 Å². The second-order valence-electron chi connectivity index (χ2n) is 8.49. The zero-order chi connectivity index (χ0) is 15.7. The van der Waals surface area contributed by atoms with Crippen molar-refractivity contribution in [2.75, 3.05) is 0 Å². The van der Waals surface area contributed by atoms with E-state index in [1.54, 1.807) is 6.08 Å². The van der Waals surface area contributed by atoms with Crippen LogP contribution < -0.4 is 0 Å². The lowest BCUT2D eigenvalue weighted by atomic mass is 9.47. The Labute approximate surface area is 131 Å². The maximum Gasteiger partial charge on any atom is 0.155 e. The zero-order valence-corrected chi connectivity index (χ0v) is 13.5. The summed E-state index contributed by atoms with van der Waals surface area (Å²) in [4.78, 5) is 24.1. The highest BCUT2D eigenvalue weighted by atomic mass is 19.1. The molecule has 4 aliphatic rings. The molecule has 0 N–H and O–H groups in total. The molecule has 3 heteroatoms. The molecule has 0 heterocycles. The largest absolute Gasteiger partial charge is 0.299 e. The normalized spacial score (nSPS) is 51.0. The fraction of sp³-hybridized carbons (Fsp3) is 0.789. The third kappa shape index (κ3) is 1.71. The van der Waals surface area contributed by atoms with Gasteiger partial charge in [-0.25, -0.2) is 4.39 Å². The van der Waals surface area contributed by atoms with E-state index in [1.807, 2.05) is 6.92 Å². The van der Waals surface area contributed by atoms with Gasteiger partial charge in [0.15, 0.2) is 5.78 Å². The fourth-order valence-electron chi connectivity index (χ4n) is 6.39. The summed E-state index contributed by atoms with van der Waals surface area (Å²) in [5.74, 6) is 1.16. The predicted octanol–water partition coefficient (Wildman–Crippen LogP) is 4.04. The van der Waals surface area contributed by atoms with Gasteiger partial charge in [-0.15, -0.1) is 0 Å². The minimum atomic E-state index is -0.907. The highest BCUT2D eigenvalue weighted by molar-refractivity contribution is 5.91. The zero-order valence-electron chi connectivity index (χ0n) is 13.5. The van der Waals surface area contributed by atoms with Gasteiger partial charge in [-0.3, -0.25) is 9.59 Å². The molecule has 4 aliphatic carbocycles. The number of alkyl halides is 1. The summed E-state index contributed by atoms with van der Waals surface area (Å²) in [6.45, 7) is 4.18. The van der Waals surface area contributed by atoms with Gasteiger partial charge in [0, 0.05) is 24.2 Å². The van der Waals surface area contributed by atoms with Crippen LogP contribution in [0.4, 0.5) is 4.39 Å². The molecular weight excluding hydrogens is 279 g/mol. The van der Waals surface area contributed by atoms with Gasteiger partial charge in [-0.2, -0.15) is 0 Å². The second kappa shape index (κ2) is 4.52. The summed E-state index contributed by atoms with van der Waals surface area (Å²) in [5.41, 5.74) is 0.590. The number of halogens is 1. The number of hydrogen-bond acceptors (Lipinski definition) is 2. The minimum Gasteiger partial charge on any atom is -0.299 e. The smallest absolute Gasteiger partial charge is 0.155 e. The Bertz CT molecular complexity index is 580. The summed E-state index contributed by atoms with van der Waals surface area (Å²) in [6.07, 6.45) is 6.08. The van der Waals surface area contributed by atoms with Crippen LogP contribution in [0, 0.1) is 28.6 Å². The van der Waals surface area contributed by atoms with Crippen molar-refractivity contribution >= 4 is 11.6 Å². The number of hydrogen-bond donors (Lipinski definition) is 0. The lowest BCUT2D eigenvalue weighted by molar-refractivity contribution is -0.139. The Hall–Kier alpha value is -0.990. The topological polar surface area (TPSA) is 34.1 Å². The van der Waals surface area contributed by atoms with E-state index in [0.29, 0.717) is 31.1 Å². The summed E-state index contributed by atoms with van der Waals surface area (Å²) >= 11 is 0. The Balaban J connectivity index is 1.75. The number of fused-ring (bicyclic) bond motifs is 5. The first-order chi connectivity index (χ1) is 10.4. The quantitative estimate of drug-likeness (QED) is 0.677. The molecular formula is C19H25FO2. The fourth-order valence-corrected chi connectivity index (χ4v) is 6.39. The van der Waals surface area contributed by atoms with E-state index in [0.717, 1.165) is 25.7 Å². The first kappa shape index (κ1) is 14.6. The van der Waals surface area contributed by atoms with Crippen LogP contribution in [0.25, 0.3) is 0 Å². The Morgan fingerprint density at radius 1 is 1.09 bits per heavy atom. The van der Waals surface area contributed by atoms with Crippen molar-refractivity contribution in [2.45, 2.75) is 65.0 Å². The molecule has 0 saturated heterocycles. The molecule has 0 bridgehead atoms. The molecule has 1 unspecified atom stereocenters. The third-order valence-electron chi connectivity index (χ3n) is 7.57. The average molecular weight is 304 g/mol. The maximum absolute atomic E-state index is 15.2. The van der Waals surface area contributed by atoms with Crippen LogP contribution in [0.15, 0.2) is 11.6 Å². The Morgan fingerprint density at radius 2 is 1.86 bits per heavy atom. The molecule has 0 spiro atoms. The van der Waals surface area contributed by atoms with Crippen molar-refractivity contribution in [3.05, 3.63) is 11.6 Å². The van der Waals surface area contributed by atoms with Crippen LogP contribution in [-0.4, -0.2) is 17.7 Å². The first-order valence-corrected chi connectivity index (χ1v) is 8.77. The van der Waals surface area contributed by atoms with Gasteiger partial charge in [0.25, 0.3) is 0 Å². The highest BCUT2D eigenvalue weighted by Gasteiger charge is 2.62. The number of allylic oxidation sites excluding steroid dienone is 1. The standard InChI is InChI=1S/C19H25FO2/c1-18-8-7-12(21)9-11(18)3-4-13-14-5-6-16(22)19(14,2)10-15(20)17(13)18/h9,13-15,17H,3-8,10H2,1-2H3/t13-,14-,15?,17-,18-,19-/m0/s1. The summed E-state index contributed by atoms with van der Waals surface area (Å²) < 4.78 is 15.2. The lowest BCUT2D eigenvalue weighted by Crippen LogP contribution is -2.55. The van der Waals surface area contributed by atoms with Gasteiger partial charge in [-0.05, 0) is 55.4 Å². The van der Waals surface area contributed by atoms with E-state index in [1.165, 1.54) is 5.57 Å². The van der Waals surface area contributed by atoms with Crippen LogP contribution >= 0.6 is 0 Å². The molecule has 2 nitrogen and oxygen atoms in total. The van der Waals surface area contributed by atoms with Crippen molar-refractivity contribution in [2.24, 2.45) is 28.6 Å². The number of carbonyl (C=O) groups is 2. The highest BCUT2D eigenvalue weighted by Crippen LogP contribution is 2.64. The van der Waals surface area contributed by atoms with Crippen LogP contribution in [0.1, 0.15) is 58.8 Å². The van der Waals surface area contributed by atoms with Crippen LogP contribution in [0.3, 0.4) is 0 Å². The lowest BCUT2D eigenvalue weighted by Gasteiger charge is -2.57. The van der Waals surface area contributed by atoms with Gasteiger partial charge in [0.05, 0.1) is 0 Å². The van der Waals surface area contributed by atoms with E-state index >= 15 is 4.39 Å². The van der Waals surface area contributed by atoms with Gasteiger partial charge in [-0.1, -0.05) is 19.4 Å². The van der Waals surface area contributed by atoms with Crippen molar-refractivity contribution < 1.29 is 14.0 Å². The number of rotatable bonds is 0. The molecule has 3 saturated carbocycles. The van der Waals surface area contributed by atoms with Crippen LogP contribution in [-0.2, 0) is 9.59 Å². The van der Waals surface area contributed by atoms with Crippen LogP contribution in [0.5, 0.6) is 0 Å². The molecule has 0 amide bonds. The number of carbonyl (C=O) groups excluding carboxylic acids is 2. The first-order valence-electron chi connectivity index (χ1n) is 8.77. The maximum atomic E-state index is 15.2. The van der Waals surface area contributed by atoms with E-state index in [-0.39, 0.29) is 22.9 Å². The average Bonchev–Trinajstić information content (AvgIpc) is 2.75. The second-order valence-corrected chi connectivity index (χ2v) is 8.49. The molecule has 0 radical (unpaired) electrons. The molecule has 0 aromatic rings. The van der Waals surface area contributed by atoms with Crippen LogP contribution in [0.2, 0.25) is 0 Å². The number of Topliss-reactive ketones (excluding diaryl/α,β-unsaturated/α-hetero) is 1. The predicted molar refractivity (Wildman–Crippen MR) is 82.0 cm³/mol. The van der Waals surface area contributed by atoms with Gasteiger partial charge >= 0.3 is 0 Å². The molecule has 22 heavy (non-hydrogen) atoms. The van der Waals surface area contributed by atoms with E-state index < -0.39 is 11.6 Å². The van der Waals surface area contributed by atoms with E-state index in [4.69, 9.17) is 0 Å². The molecule has 3 fully saturated rings. The SMILES string of the molecule is C[C@]12CCC(=O)C=C1CC[C@@H]1[C@H]2C(F)C[C@]2(C)C(=O)CC[C@@H]12. The minimum absolute atomic E-state index is 0.00424. The van der Waals surface area contributed by atoms with Crippen molar-refractivity contribution in [1.82, 2.24) is 0 Å². The summed E-state index contributed by atoms with van der Waals surface area (Å²) in [5, 5.41) is 0. The Kier molecular flexibility index (Phi) is 3.00. The molecule has 0 aromatic heterocycles. The molecule has 0 aromatic carbocycles. The summed E-state index contributed by atoms with van der Waals surface area (Å²) in [6, 6.07) is 0. The van der Waals surface area contributed by atoms with Gasteiger partial charge < -0.3 is 0 Å². The Morgan fingerprint density at radius 3 is 2.64 bits per heavy atom. The monoisotopic (exact) mass is 304 g/mol. The van der Waals surface area contributed by atoms with Crippen molar-refractivity contribution in [1.29, 1.82) is 0 Å². The van der Waals surface area contributed by atoms with E-state index in [2.05, 4.69) is 6.92 Å². The summed E-state index contributed by atoms with van der Waals surface area (Å²) in [7, 11) is 0. The van der Waals surface area contributed by atoms with Crippen molar-refractivity contribution in [3.63, 3.8) is 0 Å².